The molecule has 3 fully saturated rings. The molecule has 0 bridgehead atoms. The van der Waals surface area contributed by atoms with Crippen LogP contribution in [0, 0.1) is 11.3 Å². The van der Waals surface area contributed by atoms with E-state index in [9.17, 15) is 0 Å². The summed E-state index contributed by atoms with van der Waals surface area (Å²) in [4.78, 5) is 17.8. The second kappa shape index (κ2) is 5.98. The Bertz CT molecular complexity index is 556. The van der Waals surface area contributed by atoms with Crippen molar-refractivity contribution in [3.63, 3.8) is 0 Å². The number of aliphatic imine (C=N–C) groups is 1. The van der Waals surface area contributed by atoms with Gasteiger partial charge in [-0.05, 0) is 43.1 Å². The van der Waals surface area contributed by atoms with Gasteiger partial charge in [0.05, 0.1) is 0 Å². The van der Waals surface area contributed by atoms with Gasteiger partial charge in [0.25, 0.3) is 0 Å². The van der Waals surface area contributed by atoms with Crippen LogP contribution in [0.2, 0.25) is 0 Å². The summed E-state index contributed by atoms with van der Waals surface area (Å²) in [6.45, 7) is 4.92. The lowest BCUT2D eigenvalue weighted by Crippen LogP contribution is -2.53. The van der Waals surface area contributed by atoms with Crippen molar-refractivity contribution in [1.29, 1.82) is 0 Å². The topological polar surface area (TPSA) is 56.7 Å². The fourth-order valence-corrected chi connectivity index (χ4v) is 3.75. The van der Waals surface area contributed by atoms with Crippen LogP contribution < -0.4 is 10.2 Å². The first-order valence-corrected chi connectivity index (χ1v) is 8.78. The Balaban J connectivity index is 1.30. The molecule has 1 N–H and O–H groups in total. The van der Waals surface area contributed by atoms with Crippen LogP contribution in [-0.4, -0.2) is 60.6 Å². The van der Waals surface area contributed by atoms with E-state index in [1.165, 1.54) is 25.7 Å². The van der Waals surface area contributed by atoms with E-state index in [4.69, 9.17) is 0 Å². The summed E-state index contributed by atoms with van der Waals surface area (Å²) >= 11 is 0. The number of anilines is 1. The van der Waals surface area contributed by atoms with Crippen LogP contribution in [0.5, 0.6) is 0 Å². The van der Waals surface area contributed by atoms with Crippen LogP contribution in [-0.2, 0) is 0 Å². The maximum atomic E-state index is 4.50. The zero-order valence-corrected chi connectivity index (χ0v) is 13.9. The lowest BCUT2D eigenvalue weighted by Gasteiger charge is -2.36. The van der Waals surface area contributed by atoms with Crippen LogP contribution in [0.15, 0.2) is 23.5 Å². The summed E-state index contributed by atoms with van der Waals surface area (Å²) in [5.74, 6) is 2.88. The van der Waals surface area contributed by atoms with Gasteiger partial charge < -0.3 is 15.1 Å². The minimum absolute atomic E-state index is 0.607. The van der Waals surface area contributed by atoms with E-state index in [-0.39, 0.29) is 0 Å². The largest absolute Gasteiger partial charge is 0.356 e. The third-order valence-electron chi connectivity index (χ3n) is 5.56. The molecule has 2 heterocycles. The van der Waals surface area contributed by atoms with Crippen molar-refractivity contribution in [3.05, 3.63) is 18.5 Å². The molecule has 0 radical (unpaired) electrons. The van der Waals surface area contributed by atoms with E-state index in [0.29, 0.717) is 5.41 Å². The van der Waals surface area contributed by atoms with Crippen molar-refractivity contribution in [2.45, 2.75) is 25.7 Å². The highest BCUT2D eigenvalue weighted by atomic mass is 15.4. The molecule has 0 unspecified atom stereocenters. The van der Waals surface area contributed by atoms with Crippen molar-refractivity contribution < 1.29 is 0 Å². The molecule has 1 aliphatic heterocycles. The molecule has 0 amide bonds. The highest BCUT2D eigenvalue weighted by Crippen LogP contribution is 2.60. The molecular formula is C17H26N6. The molecule has 2 aliphatic carbocycles. The van der Waals surface area contributed by atoms with Gasteiger partial charge in [0, 0.05) is 52.2 Å². The van der Waals surface area contributed by atoms with Crippen molar-refractivity contribution in [2.24, 2.45) is 16.3 Å². The molecule has 4 rings (SSSR count). The Hall–Kier alpha value is -1.85. The number of hydrogen-bond acceptors (Lipinski definition) is 4. The standard InChI is InChI=1S/C17H26N6/c1-18-15(21-13-17(5-6-17)14-3-4-14)22-9-11-23(12-10-22)16-19-7-2-8-20-16/h2,7-8,14H,3-6,9-13H2,1H3,(H,18,21). The molecule has 0 aromatic carbocycles. The lowest BCUT2D eigenvalue weighted by molar-refractivity contribution is 0.357. The average Bonchev–Trinajstić information content (AvgIpc) is 3.49. The van der Waals surface area contributed by atoms with Gasteiger partial charge in [-0.25, -0.2) is 9.97 Å². The first kappa shape index (κ1) is 14.7. The maximum absolute atomic E-state index is 4.50. The summed E-state index contributed by atoms with van der Waals surface area (Å²) < 4.78 is 0. The van der Waals surface area contributed by atoms with Crippen LogP contribution in [0.3, 0.4) is 0 Å². The van der Waals surface area contributed by atoms with Gasteiger partial charge in [-0.2, -0.15) is 0 Å². The average molecular weight is 314 g/mol. The number of aromatic nitrogens is 2. The minimum Gasteiger partial charge on any atom is -0.356 e. The zero-order chi connectivity index (χ0) is 15.7. The smallest absolute Gasteiger partial charge is 0.225 e. The van der Waals surface area contributed by atoms with E-state index in [0.717, 1.165) is 50.5 Å². The summed E-state index contributed by atoms with van der Waals surface area (Å²) in [5, 5.41) is 3.64. The number of rotatable bonds is 4. The quantitative estimate of drug-likeness (QED) is 0.672. The summed E-state index contributed by atoms with van der Waals surface area (Å²) in [7, 11) is 1.89. The Morgan fingerprint density at radius 3 is 2.48 bits per heavy atom. The second-order valence-electron chi connectivity index (χ2n) is 7.06. The minimum atomic E-state index is 0.607. The van der Waals surface area contributed by atoms with Crippen LogP contribution in [0.1, 0.15) is 25.7 Å². The first-order chi connectivity index (χ1) is 11.3. The van der Waals surface area contributed by atoms with Crippen molar-refractivity contribution in [3.8, 4) is 0 Å². The Morgan fingerprint density at radius 2 is 1.91 bits per heavy atom. The van der Waals surface area contributed by atoms with Gasteiger partial charge >= 0.3 is 0 Å². The first-order valence-electron chi connectivity index (χ1n) is 8.78. The maximum Gasteiger partial charge on any atom is 0.225 e. The SMILES string of the molecule is CN=C(NCC1(C2CC2)CC1)N1CCN(c2ncccn2)CC1. The van der Waals surface area contributed by atoms with E-state index in [2.05, 4.69) is 30.1 Å². The molecule has 3 aliphatic rings. The fraction of sp³-hybridized carbons (Fsp3) is 0.706. The molecule has 6 nitrogen and oxygen atoms in total. The third kappa shape index (κ3) is 3.12. The predicted octanol–water partition coefficient (Wildman–Crippen LogP) is 1.36. The number of nitrogens with one attached hydrogen (secondary N) is 1. The molecular weight excluding hydrogens is 288 g/mol. The van der Waals surface area contributed by atoms with Gasteiger partial charge in [0.15, 0.2) is 5.96 Å². The van der Waals surface area contributed by atoms with Crippen molar-refractivity contribution in [2.75, 3.05) is 44.7 Å². The van der Waals surface area contributed by atoms with E-state index < -0.39 is 0 Å². The molecule has 6 heteroatoms. The van der Waals surface area contributed by atoms with Gasteiger partial charge in [-0.3, -0.25) is 4.99 Å². The van der Waals surface area contributed by atoms with Gasteiger partial charge in [-0.15, -0.1) is 0 Å². The Labute approximate surface area is 138 Å². The normalized spacial score (nSPS) is 23.8. The summed E-state index contributed by atoms with van der Waals surface area (Å²) in [6.07, 6.45) is 9.30. The van der Waals surface area contributed by atoms with E-state index in [1.807, 2.05) is 25.5 Å². The third-order valence-corrected chi connectivity index (χ3v) is 5.56. The number of guanidine groups is 1. The van der Waals surface area contributed by atoms with Crippen LogP contribution in [0.25, 0.3) is 0 Å². The summed E-state index contributed by atoms with van der Waals surface area (Å²) in [6, 6.07) is 1.86. The van der Waals surface area contributed by atoms with Gasteiger partial charge in [-0.1, -0.05) is 0 Å². The molecule has 1 saturated heterocycles. The van der Waals surface area contributed by atoms with Crippen LogP contribution in [0.4, 0.5) is 5.95 Å². The molecule has 124 valence electrons. The van der Waals surface area contributed by atoms with E-state index in [1.54, 1.807) is 0 Å². The molecule has 1 aromatic rings. The fourth-order valence-electron chi connectivity index (χ4n) is 3.75. The molecule has 2 saturated carbocycles. The highest BCUT2D eigenvalue weighted by molar-refractivity contribution is 5.80. The van der Waals surface area contributed by atoms with Crippen molar-refractivity contribution in [1.82, 2.24) is 20.2 Å². The van der Waals surface area contributed by atoms with E-state index >= 15 is 0 Å². The molecule has 0 spiro atoms. The number of piperazine rings is 1. The number of nitrogens with zero attached hydrogens (tertiary/aromatic N) is 5. The molecule has 1 aromatic heterocycles. The van der Waals surface area contributed by atoms with Gasteiger partial charge in [0.2, 0.25) is 5.95 Å². The highest BCUT2D eigenvalue weighted by Gasteiger charge is 2.53. The van der Waals surface area contributed by atoms with Gasteiger partial charge in [0.1, 0.15) is 0 Å². The number of hydrogen-bond donors (Lipinski definition) is 1. The van der Waals surface area contributed by atoms with Crippen LogP contribution >= 0.6 is 0 Å². The molecule has 0 atom stereocenters. The summed E-state index contributed by atoms with van der Waals surface area (Å²) in [5.41, 5.74) is 0.607. The second-order valence-corrected chi connectivity index (χ2v) is 7.06. The Kier molecular flexibility index (Phi) is 3.83. The van der Waals surface area contributed by atoms with Crippen molar-refractivity contribution >= 4 is 11.9 Å². The monoisotopic (exact) mass is 314 g/mol. The predicted molar refractivity (Wildman–Crippen MR) is 91.6 cm³/mol. The molecule has 23 heavy (non-hydrogen) atoms. The lowest BCUT2D eigenvalue weighted by atomic mass is 10.0. The zero-order valence-electron chi connectivity index (χ0n) is 13.9. The Morgan fingerprint density at radius 1 is 1.22 bits per heavy atom.